The lowest BCUT2D eigenvalue weighted by atomic mass is 9.76. The van der Waals surface area contributed by atoms with Crippen molar-refractivity contribution in [3.05, 3.63) is 59.7 Å². The lowest BCUT2D eigenvalue weighted by Gasteiger charge is -2.34. The highest BCUT2D eigenvalue weighted by molar-refractivity contribution is 5.99. The number of carbonyl (C=O) groups is 2. The summed E-state index contributed by atoms with van der Waals surface area (Å²) in [6.07, 6.45) is 6.98. The minimum Gasteiger partial charge on any atom is -0.490 e. The molecule has 2 aromatic heterocycles. The molecule has 272 valence electrons. The lowest BCUT2D eigenvalue weighted by molar-refractivity contribution is -0.146. The van der Waals surface area contributed by atoms with Crippen LogP contribution in [0.1, 0.15) is 98.8 Å². The van der Waals surface area contributed by atoms with Crippen molar-refractivity contribution in [3.63, 3.8) is 0 Å². The number of carboxylic acid groups (broad SMARTS) is 1. The van der Waals surface area contributed by atoms with Gasteiger partial charge in [-0.25, -0.2) is 14.8 Å². The van der Waals surface area contributed by atoms with Crippen molar-refractivity contribution in [2.75, 3.05) is 24.7 Å². The van der Waals surface area contributed by atoms with E-state index >= 15 is 0 Å². The van der Waals surface area contributed by atoms with Crippen LogP contribution in [-0.2, 0) is 21.1 Å². The number of nitrogens with zero attached hydrogens (tertiary/aromatic N) is 5. The number of hydrogen-bond acceptors (Lipinski definition) is 8. The zero-order valence-electron chi connectivity index (χ0n) is 28.6. The molecule has 1 spiro atoms. The first-order valence-electron chi connectivity index (χ1n) is 18.1. The molecule has 4 atom stereocenters. The molecule has 2 aliphatic heterocycles. The van der Waals surface area contributed by atoms with Crippen molar-refractivity contribution in [2.24, 2.45) is 17.8 Å². The Balaban J connectivity index is 1.07. The minimum atomic E-state index is -4.99. The van der Waals surface area contributed by atoms with Gasteiger partial charge in [0, 0.05) is 49.5 Å². The molecule has 3 aromatic rings. The van der Waals surface area contributed by atoms with Crippen molar-refractivity contribution in [2.45, 2.75) is 100 Å². The fourth-order valence-corrected chi connectivity index (χ4v) is 9.77. The Hall–Kier alpha value is -4.20. The molecule has 2 N–H and O–H groups in total. The van der Waals surface area contributed by atoms with Crippen molar-refractivity contribution in [3.8, 4) is 5.75 Å². The van der Waals surface area contributed by atoms with Gasteiger partial charge >= 0.3 is 12.1 Å². The van der Waals surface area contributed by atoms with Gasteiger partial charge in [0.2, 0.25) is 5.95 Å². The van der Waals surface area contributed by atoms with Gasteiger partial charge in [-0.3, -0.25) is 9.48 Å². The van der Waals surface area contributed by atoms with Gasteiger partial charge in [0.05, 0.1) is 17.7 Å². The fraction of sp³-hybridized carbons (Fsp3) is 0.595. The van der Waals surface area contributed by atoms with Gasteiger partial charge < -0.3 is 24.8 Å². The number of amides is 1. The number of anilines is 2. The second-order valence-electron chi connectivity index (χ2n) is 15.4. The zero-order chi connectivity index (χ0) is 35.5. The Labute approximate surface area is 293 Å². The Morgan fingerprint density at radius 3 is 2.59 bits per heavy atom. The number of nitrogens with one attached hydrogen (secondary N) is 1. The van der Waals surface area contributed by atoms with Crippen molar-refractivity contribution >= 4 is 23.5 Å². The molecule has 5 aliphatic rings. The Morgan fingerprint density at radius 2 is 1.88 bits per heavy atom. The second-order valence-corrected chi connectivity index (χ2v) is 15.4. The van der Waals surface area contributed by atoms with Gasteiger partial charge in [0.25, 0.3) is 5.91 Å². The van der Waals surface area contributed by atoms with Crippen LogP contribution in [0.25, 0.3) is 0 Å². The minimum absolute atomic E-state index is 0.0434. The third-order valence-corrected chi connectivity index (χ3v) is 12.2. The number of carboxylic acids is 1. The van der Waals surface area contributed by atoms with E-state index in [1.807, 2.05) is 42.1 Å². The molecule has 4 unspecified atom stereocenters. The largest absolute Gasteiger partial charge is 0.490 e. The first kappa shape index (κ1) is 33.9. The number of aliphatic carboxylic acids is 1. The number of ether oxygens (including phenoxy) is 2. The first-order chi connectivity index (χ1) is 24.4. The van der Waals surface area contributed by atoms with Crippen LogP contribution in [0.4, 0.5) is 24.8 Å². The van der Waals surface area contributed by atoms with Gasteiger partial charge in [-0.1, -0.05) is 6.92 Å². The molecule has 4 heterocycles. The van der Waals surface area contributed by atoms with Crippen LogP contribution in [-0.4, -0.2) is 68.1 Å². The Kier molecular flexibility index (Phi) is 8.50. The molecular formula is C37H43F3N6O5. The highest BCUT2D eigenvalue weighted by Gasteiger charge is 2.57. The maximum atomic E-state index is 14.7. The fourth-order valence-electron chi connectivity index (χ4n) is 9.77. The van der Waals surface area contributed by atoms with Gasteiger partial charge in [-0.15, -0.1) is 0 Å². The molecule has 1 amide bonds. The zero-order valence-corrected chi connectivity index (χ0v) is 28.6. The van der Waals surface area contributed by atoms with Crippen molar-refractivity contribution in [1.82, 2.24) is 25.1 Å². The summed E-state index contributed by atoms with van der Waals surface area (Å²) in [5, 5.41) is 17.2. The number of halogens is 3. The third kappa shape index (κ3) is 6.12. The first-order valence-corrected chi connectivity index (χ1v) is 18.1. The van der Waals surface area contributed by atoms with E-state index in [0.29, 0.717) is 62.9 Å². The third-order valence-electron chi connectivity index (χ3n) is 12.2. The summed E-state index contributed by atoms with van der Waals surface area (Å²) in [7, 11) is 0. The monoisotopic (exact) mass is 708 g/mol. The molecule has 8 rings (SSSR count). The molecule has 0 radical (unpaired) electrons. The molecule has 51 heavy (non-hydrogen) atoms. The molecule has 3 saturated carbocycles. The van der Waals surface area contributed by atoms with Crippen LogP contribution in [0.3, 0.4) is 0 Å². The smallest absolute Gasteiger partial charge is 0.434 e. The van der Waals surface area contributed by atoms with E-state index in [9.17, 15) is 27.9 Å². The van der Waals surface area contributed by atoms with Gasteiger partial charge in [0.1, 0.15) is 11.3 Å². The average Bonchev–Trinajstić information content (AvgIpc) is 3.81. The van der Waals surface area contributed by atoms with E-state index < -0.39 is 40.3 Å². The molecular weight excluding hydrogens is 665 g/mol. The topological polar surface area (TPSA) is 132 Å². The molecule has 2 bridgehead atoms. The highest BCUT2D eigenvalue weighted by Crippen LogP contribution is 2.52. The van der Waals surface area contributed by atoms with Crippen molar-refractivity contribution < 1.29 is 37.3 Å². The normalized spacial score (nSPS) is 29.9. The quantitative estimate of drug-likeness (QED) is 0.284. The number of rotatable bonds is 7. The van der Waals surface area contributed by atoms with Crippen LogP contribution in [0, 0.1) is 17.8 Å². The number of benzene rings is 1. The van der Waals surface area contributed by atoms with E-state index in [1.54, 1.807) is 11.1 Å². The van der Waals surface area contributed by atoms with E-state index in [-0.39, 0.29) is 36.2 Å². The standard InChI is InChI=1S/C37H43F3N6O5/c1-22-15-23-17-24(16-22)36(19-23,33(48)49)44-32(47)28-20-41-34(43-31(28)37(38,39)40)45-21-35(9-13-50-14-10-35)29-18-27(7-8-30(29)45)51-26-5-3-25(4-6-26)46-12-2-11-42-46/h2,7-8,11-12,18,20,22-26H,3-6,9-10,13-17,19,21H2,1H3,(H,44,47)(H,48,49). The van der Waals surface area contributed by atoms with Crippen LogP contribution < -0.4 is 15.0 Å². The lowest BCUT2D eigenvalue weighted by Crippen LogP contribution is -2.57. The summed E-state index contributed by atoms with van der Waals surface area (Å²) in [6.45, 7) is 3.40. The predicted molar refractivity (Wildman–Crippen MR) is 179 cm³/mol. The highest BCUT2D eigenvalue weighted by atomic mass is 19.4. The number of fused-ring (bicyclic) bond motifs is 4. The molecule has 4 fully saturated rings. The maximum absolute atomic E-state index is 14.7. The summed E-state index contributed by atoms with van der Waals surface area (Å²) >= 11 is 0. The van der Waals surface area contributed by atoms with E-state index in [1.165, 1.54) is 0 Å². The van der Waals surface area contributed by atoms with Gasteiger partial charge in [-0.2, -0.15) is 18.3 Å². The summed E-state index contributed by atoms with van der Waals surface area (Å²) < 4.78 is 58.3. The average molecular weight is 709 g/mol. The molecule has 1 saturated heterocycles. The summed E-state index contributed by atoms with van der Waals surface area (Å²) in [5.74, 6) is -1.79. The number of carbonyl (C=O) groups excluding carboxylic acids is 1. The summed E-state index contributed by atoms with van der Waals surface area (Å²) in [6, 6.07) is 8.00. The number of hydrogen-bond donors (Lipinski definition) is 2. The van der Waals surface area contributed by atoms with Crippen LogP contribution in [0.5, 0.6) is 5.75 Å². The second kappa shape index (κ2) is 12.8. The van der Waals surface area contributed by atoms with E-state index in [0.717, 1.165) is 43.9 Å². The van der Waals surface area contributed by atoms with Crippen LogP contribution in [0.15, 0.2) is 42.9 Å². The van der Waals surface area contributed by atoms with Crippen molar-refractivity contribution in [1.29, 1.82) is 0 Å². The SMILES string of the molecule is CC1CC2CC(C1)C(NC(=O)c1cnc(N3CC4(CCOCC4)c4cc(OC5CCC(n6cccn6)CC5)ccc43)nc1C(F)(F)F)(C(=O)O)C2. The molecule has 11 nitrogen and oxygen atoms in total. The molecule has 14 heteroatoms. The van der Waals surface area contributed by atoms with Crippen LogP contribution in [0.2, 0.25) is 0 Å². The Bertz CT molecular complexity index is 1790. The summed E-state index contributed by atoms with van der Waals surface area (Å²) in [4.78, 5) is 36.2. The maximum Gasteiger partial charge on any atom is 0.434 e. The summed E-state index contributed by atoms with van der Waals surface area (Å²) in [5.41, 5.74) is -2.57. The van der Waals surface area contributed by atoms with E-state index in [4.69, 9.17) is 9.47 Å². The van der Waals surface area contributed by atoms with E-state index in [2.05, 4.69) is 20.4 Å². The van der Waals surface area contributed by atoms with Crippen LogP contribution >= 0.6 is 0 Å². The number of alkyl halides is 3. The number of aromatic nitrogens is 4. The van der Waals surface area contributed by atoms with Gasteiger partial charge in [0.15, 0.2) is 5.69 Å². The van der Waals surface area contributed by atoms with Gasteiger partial charge in [-0.05, 0) is 112 Å². The molecule has 1 aromatic carbocycles. The Morgan fingerprint density at radius 1 is 1.10 bits per heavy atom. The predicted octanol–water partition coefficient (Wildman–Crippen LogP) is 6.46. The molecule has 3 aliphatic carbocycles.